The average Bonchev–Trinajstić information content (AvgIpc) is 2.64. The molecule has 0 saturated heterocycles. The first kappa shape index (κ1) is 25.8. The molecule has 0 atom stereocenters. The van der Waals surface area contributed by atoms with Gasteiger partial charge in [-0.15, -0.1) is 0 Å². The van der Waals surface area contributed by atoms with Gasteiger partial charge >= 0.3 is 0 Å². The van der Waals surface area contributed by atoms with Gasteiger partial charge in [-0.3, -0.25) is 4.99 Å². The standard InChI is InChI=1S/C26H41NO3/c1-8-9-10-14-20-22(27-17-26(5,6)7)23(28)21(25(30)24(20)29)16-15-19(4)13-11-12-18(2)3/h12,15,17,28-30H,8-11,13-14,16H2,1-7H3/b19-15+,27-17?. The predicted molar refractivity (Wildman–Crippen MR) is 128 cm³/mol. The fraction of sp³-hybridized carbons (Fsp3) is 0.577. The number of allylic oxidation sites excluding steroid dienone is 4. The van der Waals surface area contributed by atoms with E-state index >= 15 is 0 Å². The SMILES string of the molecule is CCCCCc1c(O)c(O)c(C/C=C(\C)CCC=C(C)C)c(O)c1N=CC(C)(C)C. The van der Waals surface area contributed by atoms with E-state index in [9.17, 15) is 15.3 Å². The quantitative estimate of drug-likeness (QED) is 0.122. The molecular formula is C26H41NO3. The molecular weight excluding hydrogens is 374 g/mol. The van der Waals surface area contributed by atoms with Crippen molar-refractivity contribution >= 4 is 11.9 Å². The summed E-state index contributed by atoms with van der Waals surface area (Å²) in [5.74, 6) is -0.428. The molecule has 0 bridgehead atoms. The Labute approximate surface area is 183 Å². The molecule has 0 saturated carbocycles. The highest BCUT2D eigenvalue weighted by Gasteiger charge is 2.23. The summed E-state index contributed by atoms with van der Waals surface area (Å²) in [5.41, 5.74) is 3.53. The van der Waals surface area contributed by atoms with Crippen molar-refractivity contribution in [1.82, 2.24) is 0 Å². The smallest absolute Gasteiger partial charge is 0.165 e. The molecule has 4 heteroatoms. The van der Waals surface area contributed by atoms with Crippen molar-refractivity contribution in [1.29, 1.82) is 0 Å². The molecule has 1 aromatic carbocycles. The summed E-state index contributed by atoms with van der Waals surface area (Å²) in [4.78, 5) is 4.54. The van der Waals surface area contributed by atoms with Crippen LogP contribution in [0.4, 0.5) is 5.69 Å². The largest absolute Gasteiger partial charge is 0.505 e. The molecule has 0 unspecified atom stereocenters. The fourth-order valence-electron chi connectivity index (χ4n) is 3.14. The summed E-state index contributed by atoms with van der Waals surface area (Å²) in [6.07, 6.45) is 11.7. The highest BCUT2D eigenvalue weighted by Crippen LogP contribution is 2.48. The van der Waals surface area contributed by atoms with Gasteiger partial charge in [-0.25, -0.2) is 0 Å². The molecule has 168 valence electrons. The van der Waals surface area contributed by atoms with E-state index in [2.05, 4.69) is 31.8 Å². The minimum absolute atomic E-state index is 0.0364. The number of phenolic OH excluding ortho intramolecular Hbond substituents is 3. The zero-order valence-corrected chi connectivity index (χ0v) is 20.0. The lowest BCUT2D eigenvalue weighted by Gasteiger charge is -2.17. The van der Waals surface area contributed by atoms with Gasteiger partial charge in [0, 0.05) is 17.3 Å². The van der Waals surface area contributed by atoms with Gasteiger partial charge in [0.15, 0.2) is 11.5 Å². The lowest BCUT2D eigenvalue weighted by Crippen LogP contribution is -2.06. The Bertz CT molecular complexity index is 792. The second-order valence-corrected chi connectivity index (χ2v) is 9.51. The number of benzene rings is 1. The molecule has 0 aliphatic rings. The maximum absolute atomic E-state index is 11.0. The monoisotopic (exact) mass is 415 g/mol. The third-order valence-electron chi connectivity index (χ3n) is 4.95. The van der Waals surface area contributed by atoms with Gasteiger partial charge < -0.3 is 15.3 Å². The molecule has 30 heavy (non-hydrogen) atoms. The van der Waals surface area contributed by atoms with Gasteiger partial charge in [-0.2, -0.15) is 0 Å². The maximum Gasteiger partial charge on any atom is 0.165 e. The molecule has 1 rings (SSSR count). The second-order valence-electron chi connectivity index (χ2n) is 9.51. The van der Waals surface area contributed by atoms with Crippen LogP contribution >= 0.6 is 0 Å². The Balaban J connectivity index is 3.32. The third kappa shape index (κ3) is 8.25. The van der Waals surface area contributed by atoms with E-state index in [1.165, 1.54) is 11.1 Å². The van der Waals surface area contributed by atoms with E-state index in [-0.39, 0.29) is 22.7 Å². The minimum atomic E-state index is -0.234. The van der Waals surface area contributed by atoms with Crippen molar-refractivity contribution in [2.45, 2.75) is 93.4 Å². The Hall–Kier alpha value is -2.23. The molecule has 0 radical (unpaired) electrons. The second kappa shape index (κ2) is 11.8. The molecule has 0 spiro atoms. The zero-order chi connectivity index (χ0) is 22.9. The summed E-state index contributed by atoms with van der Waals surface area (Å²) in [6, 6.07) is 0. The molecule has 0 aromatic heterocycles. The first-order chi connectivity index (χ1) is 14.0. The van der Waals surface area contributed by atoms with Crippen LogP contribution in [-0.4, -0.2) is 21.5 Å². The fourth-order valence-corrected chi connectivity index (χ4v) is 3.14. The summed E-state index contributed by atoms with van der Waals surface area (Å²) >= 11 is 0. The van der Waals surface area contributed by atoms with Crippen LogP contribution in [0, 0.1) is 5.41 Å². The van der Waals surface area contributed by atoms with Crippen molar-refractivity contribution < 1.29 is 15.3 Å². The number of hydrogen-bond donors (Lipinski definition) is 3. The van der Waals surface area contributed by atoms with Gasteiger partial charge in [-0.05, 0) is 58.3 Å². The number of unbranched alkanes of at least 4 members (excludes halogenated alkanes) is 2. The normalized spacial score (nSPS) is 12.6. The number of phenols is 3. The minimum Gasteiger partial charge on any atom is -0.505 e. The van der Waals surface area contributed by atoms with Crippen LogP contribution in [0.5, 0.6) is 17.2 Å². The van der Waals surface area contributed by atoms with Crippen molar-refractivity contribution in [3.05, 3.63) is 34.4 Å². The molecule has 3 N–H and O–H groups in total. The Morgan fingerprint density at radius 1 is 0.900 bits per heavy atom. The number of aromatic hydroxyl groups is 3. The van der Waals surface area contributed by atoms with Gasteiger partial charge in [0.1, 0.15) is 11.4 Å². The van der Waals surface area contributed by atoms with E-state index in [0.29, 0.717) is 29.7 Å². The van der Waals surface area contributed by atoms with E-state index in [1.54, 1.807) is 6.21 Å². The molecule has 0 heterocycles. The van der Waals surface area contributed by atoms with E-state index in [0.717, 1.165) is 32.1 Å². The molecule has 0 aliphatic heterocycles. The first-order valence-corrected chi connectivity index (χ1v) is 11.1. The van der Waals surface area contributed by atoms with E-state index in [4.69, 9.17) is 0 Å². The van der Waals surface area contributed by atoms with Crippen LogP contribution in [0.25, 0.3) is 0 Å². The molecule has 0 fully saturated rings. The highest BCUT2D eigenvalue weighted by molar-refractivity contribution is 5.77. The summed E-state index contributed by atoms with van der Waals surface area (Å²) in [7, 11) is 0. The number of hydrogen-bond acceptors (Lipinski definition) is 4. The van der Waals surface area contributed by atoms with E-state index in [1.807, 2.05) is 33.8 Å². The summed E-state index contributed by atoms with van der Waals surface area (Å²) in [5, 5.41) is 32.3. The van der Waals surface area contributed by atoms with Gasteiger partial charge in [0.2, 0.25) is 0 Å². The van der Waals surface area contributed by atoms with Crippen LogP contribution in [0.15, 0.2) is 28.3 Å². The van der Waals surface area contributed by atoms with E-state index < -0.39 is 0 Å². The van der Waals surface area contributed by atoms with Crippen LogP contribution in [-0.2, 0) is 12.8 Å². The summed E-state index contributed by atoms with van der Waals surface area (Å²) in [6.45, 7) is 14.4. The maximum atomic E-state index is 11.0. The van der Waals surface area contributed by atoms with Crippen LogP contribution in [0.3, 0.4) is 0 Å². The van der Waals surface area contributed by atoms with Gasteiger partial charge in [0.05, 0.1) is 0 Å². The van der Waals surface area contributed by atoms with Crippen molar-refractivity contribution in [2.75, 3.05) is 0 Å². The third-order valence-corrected chi connectivity index (χ3v) is 4.95. The topological polar surface area (TPSA) is 73.0 Å². The van der Waals surface area contributed by atoms with Gasteiger partial charge in [-0.1, -0.05) is 63.8 Å². The van der Waals surface area contributed by atoms with Gasteiger partial charge in [0.25, 0.3) is 0 Å². The first-order valence-electron chi connectivity index (χ1n) is 11.1. The lowest BCUT2D eigenvalue weighted by molar-refractivity contribution is 0.386. The Morgan fingerprint density at radius 2 is 1.53 bits per heavy atom. The number of aliphatic imine (C=N–C) groups is 1. The molecule has 0 aliphatic carbocycles. The molecule has 4 nitrogen and oxygen atoms in total. The lowest BCUT2D eigenvalue weighted by atomic mass is 9.96. The van der Waals surface area contributed by atoms with Crippen molar-refractivity contribution in [2.24, 2.45) is 10.4 Å². The Morgan fingerprint density at radius 3 is 2.10 bits per heavy atom. The number of rotatable bonds is 10. The molecule has 1 aromatic rings. The highest BCUT2D eigenvalue weighted by atomic mass is 16.3. The number of nitrogens with zero attached hydrogens (tertiary/aromatic N) is 1. The summed E-state index contributed by atoms with van der Waals surface area (Å²) < 4.78 is 0. The predicted octanol–water partition coefficient (Wildman–Crippen LogP) is 7.52. The van der Waals surface area contributed by atoms with Crippen LogP contribution in [0.2, 0.25) is 0 Å². The Kier molecular flexibility index (Phi) is 10.2. The van der Waals surface area contributed by atoms with Crippen molar-refractivity contribution in [3.8, 4) is 17.2 Å². The zero-order valence-electron chi connectivity index (χ0n) is 20.0. The van der Waals surface area contributed by atoms with Crippen LogP contribution in [0.1, 0.15) is 91.7 Å². The molecule has 0 amide bonds. The van der Waals surface area contributed by atoms with Crippen molar-refractivity contribution in [3.63, 3.8) is 0 Å². The average molecular weight is 416 g/mol. The van der Waals surface area contributed by atoms with Crippen LogP contribution < -0.4 is 0 Å².